The van der Waals surface area contributed by atoms with Gasteiger partial charge in [-0.15, -0.1) is 0 Å². The molecule has 0 heterocycles. The van der Waals surface area contributed by atoms with Crippen LogP contribution in [-0.2, 0) is 0 Å². The van der Waals surface area contributed by atoms with Gasteiger partial charge in [0.2, 0.25) is 0 Å². The van der Waals surface area contributed by atoms with Crippen molar-refractivity contribution in [2.24, 2.45) is 5.41 Å². The van der Waals surface area contributed by atoms with E-state index in [-0.39, 0.29) is 5.41 Å². The third kappa shape index (κ3) is 2.11. The van der Waals surface area contributed by atoms with E-state index < -0.39 is 0 Å². The highest BCUT2D eigenvalue weighted by Gasteiger charge is 2.30. The summed E-state index contributed by atoms with van der Waals surface area (Å²) in [5, 5.41) is 10.7. The molecule has 0 fully saturated rings. The van der Waals surface area contributed by atoms with Crippen molar-refractivity contribution in [3.8, 4) is 0 Å². The molecule has 0 unspecified atom stereocenters. The zero-order chi connectivity index (χ0) is 19.0. The second kappa shape index (κ2) is 5.46. The number of halogens is 1. The molecule has 0 amide bonds. The maximum absolute atomic E-state index is 3.71. The summed E-state index contributed by atoms with van der Waals surface area (Å²) in [5.41, 5.74) is 2.77. The summed E-state index contributed by atoms with van der Waals surface area (Å²) in [5.74, 6) is 0. The van der Waals surface area contributed by atoms with Gasteiger partial charge in [0.1, 0.15) is 0 Å². The van der Waals surface area contributed by atoms with E-state index in [0.29, 0.717) is 0 Å². The first-order valence-corrected chi connectivity index (χ1v) is 10.5. The van der Waals surface area contributed by atoms with E-state index in [1.807, 2.05) is 0 Å². The minimum absolute atomic E-state index is 0.00496. The average Bonchev–Trinajstić information content (AvgIpc) is 3.04. The van der Waals surface area contributed by atoms with Crippen molar-refractivity contribution < 1.29 is 0 Å². The standard InChI is InChI=1S/C27H19Br/c1-27(2)15-18(28)12-17-11-16-13-24-21-9-5-3-7-19(21)20-8-4-6-10-22(20)25(24)14-23(16)26(17)27/h3-15H,1-2H3. The molecular weight excluding hydrogens is 404 g/mol. The highest BCUT2D eigenvalue weighted by atomic mass is 79.9. The highest BCUT2D eigenvalue weighted by Crippen LogP contribution is 2.42. The summed E-state index contributed by atoms with van der Waals surface area (Å²) in [6.45, 7) is 4.62. The molecule has 0 saturated heterocycles. The molecule has 4 aromatic rings. The second-order valence-electron chi connectivity index (χ2n) is 8.45. The van der Waals surface area contributed by atoms with Gasteiger partial charge in [0, 0.05) is 9.90 Å². The lowest BCUT2D eigenvalue weighted by molar-refractivity contribution is 0.643. The SMILES string of the molecule is CC1(C)C=C(Br)C=C2C=c3cc4c5ccccc5c5ccccc5c4cc3=C21. The zero-order valence-corrected chi connectivity index (χ0v) is 17.5. The van der Waals surface area contributed by atoms with E-state index in [9.17, 15) is 0 Å². The van der Waals surface area contributed by atoms with Crippen molar-refractivity contribution in [2.75, 3.05) is 0 Å². The van der Waals surface area contributed by atoms with E-state index in [1.54, 1.807) is 0 Å². The number of fused-ring (bicyclic) bond motifs is 8. The number of hydrogen-bond acceptors (Lipinski definition) is 0. The van der Waals surface area contributed by atoms with Crippen LogP contribution in [0.5, 0.6) is 0 Å². The normalized spacial score (nSPS) is 17.3. The molecule has 0 spiro atoms. The molecule has 0 bridgehead atoms. The molecule has 2 aliphatic carbocycles. The van der Waals surface area contributed by atoms with Gasteiger partial charge < -0.3 is 0 Å². The van der Waals surface area contributed by atoms with Crippen LogP contribution in [0.3, 0.4) is 0 Å². The Hall–Kier alpha value is -2.64. The topological polar surface area (TPSA) is 0 Å². The highest BCUT2D eigenvalue weighted by molar-refractivity contribution is 9.11. The predicted octanol–water partition coefficient (Wildman–Crippen LogP) is 6.34. The maximum atomic E-state index is 3.71. The van der Waals surface area contributed by atoms with Crippen molar-refractivity contribution in [1.82, 2.24) is 0 Å². The zero-order valence-electron chi connectivity index (χ0n) is 15.9. The van der Waals surface area contributed by atoms with E-state index in [1.165, 1.54) is 58.4 Å². The molecule has 0 atom stereocenters. The summed E-state index contributed by atoms with van der Waals surface area (Å²) >= 11 is 3.71. The molecule has 0 aromatic heterocycles. The van der Waals surface area contributed by atoms with E-state index in [4.69, 9.17) is 0 Å². The molecule has 134 valence electrons. The van der Waals surface area contributed by atoms with Crippen LogP contribution in [0.4, 0.5) is 0 Å². The quantitative estimate of drug-likeness (QED) is 0.290. The van der Waals surface area contributed by atoms with E-state index >= 15 is 0 Å². The molecule has 0 saturated carbocycles. The molecule has 0 nitrogen and oxygen atoms in total. The van der Waals surface area contributed by atoms with Gasteiger partial charge in [0.25, 0.3) is 0 Å². The minimum Gasteiger partial charge on any atom is -0.0616 e. The van der Waals surface area contributed by atoms with Gasteiger partial charge in [-0.3, -0.25) is 0 Å². The predicted molar refractivity (Wildman–Crippen MR) is 125 cm³/mol. The van der Waals surface area contributed by atoms with Gasteiger partial charge in [-0.25, -0.2) is 0 Å². The molecule has 2 aliphatic rings. The minimum atomic E-state index is 0.00496. The lowest BCUT2D eigenvalue weighted by Gasteiger charge is -2.28. The Morgan fingerprint density at radius 2 is 1.21 bits per heavy atom. The van der Waals surface area contributed by atoms with Crippen LogP contribution in [0, 0.1) is 5.41 Å². The first-order chi connectivity index (χ1) is 13.5. The number of hydrogen-bond donors (Lipinski definition) is 0. The van der Waals surface area contributed by atoms with Crippen molar-refractivity contribution in [3.05, 3.63) is 93.3 Å². The first-order valence-electron chi connectivity index (χ1n) is 9.73. The molecule has 0 aliphatic heterocycles. The monoisotopic (exact) mass is 422 g/mol. The lowest BCUT2D eigenvalue weighted by Crippen LogP contribution is -2.27. The number of benzene rings is 4. The van der Waals surface area contributed by atoms with Gasteiger partial charge in [-0.05, 0) is 78.2 Å². The van der Waals surface area contributed by atoms with Gasteiger partial charge in [-0.2, -0.15) is 0 Å². The number of allylic oxidation sites excluding steroid dienone is 4. The van der Waals surface area contributed by atoms with Crippen LogP contribution in [-0.4, -0.2) is 0 Å². The lowest BCUT2D eigenvalue weighted by atomic mass is 9.77. The summed E-state index contributed by atoms with van der Waals surface area (Å²) < 4.78 is 1.17. The summed E-state index contributed by atoms with van der Waals surface area (Å²) in [4.78, 5) is 0. The van der Waals surface area contributed by atoms with Crippen molar-refractivity contribution >= 4 is 59.9 Å². The fourth-order valence-electron chi connectivity index (χ4n) is 5.14. The Morgan fingerprint density at radius 3 is 1.82 bits per heavy atom. The van der Waals surface area contributed by atoms with Crippen LogP contribution in [0.15, 0.2) is 82.9 Å². The van der Waals surface area contributed by atoms with Crippen molar-refractivity contribution in [3.63, 3.8) is 0 Å². The molecular formula is C27H19Br. The fourth-order valence-corrected chi connectivity index (χ4v) is 5.96. The maximum Gasteiger partial charge on any atom is 0.0150 e. The second-order valence-corrected chi connectivity index (χ2v) is 9.36. The van der Waals surface area contributed by atoms with Crippen molar-refractivity contribution in [2.45, 2.75) is 13.8 Å². The molecule has 1 heteroatoms. The third-order valence-corrected chi connectivity index (χ3v) is 6.68. The van der Waals surface area contributed by atoms with E-state index in [2.05, 4.69) is 109 Å². The van der Waals surface area contributed by atoms with Crippen LogP contribution in [0.1, 0.15) is 13.8 Å². The molecule has 4 aromatic carbocycles. The Morgan fingerprint density at radius 1 is 0.679 bits per heavy atom. The van der Waals surface area contributed by atoms with Gasteiger partial charge in [-0.1, -0.05) is 84.4 Å². The van der Waals surface area contributed by atoms with E-state index in [0.717, 1.165) is 0 Å². The first kappa shape index (κ1) is 16.3. The van der Waals surface area contributed by atoms with Crippen LogP contribution < -0.4 is 10.4 Å². The molecule has 6 rings (SSSR count). The fraction of sp³-hybridized carbons (Fsp3) is 0.111. The summed E-state index contributed by atoms with van der Waals surface area (Å²) in [6.07, 6.45) is 6.92. The van der Waals surface area contributed by atoms with Crippen LogP contribution in [0.2, 0.25) is 0 Å². The number of rotatable bonds is 0. The van der Waals surface area contributed by atoms with Crippen LogP contribution >= 0.6 is 15.9 Å². The van der Waals surface area contributed by atoms with Crippen LogP contribution in [0.25, 0.3) is 44.0 Å². The Balaban J connectivity index is 1.89. The molecule has 0 N–H and O–H groups in total. The molecule has 28 heavy (non-hydrogen) atoms. The summed E-state index contributed by atoms with van der Waals surface area (Å²) in [6, 6.07) is 22.4. The average molecular weight is 423 g/mol. The van der Waals surface area contributed by atoms with Gasteiger partial charge in [0.15, 0.2) is 0 Å². The Kier molecular flexibility index (Phi) is 3.18. The Labute approximate surface area is 172 Å². The smallest absolute Gasteiger partial charge is 0.0150 e. The van der Waals surface area contributed by atoms with Gasteiger partial charge >= 0.3 is 0 Å². The summed E-state index contributed by atoms with van der Waals surface area (Å²) in [7, 11) is 0. The Bertz CT molecular complexity index is 1530. The third-order valence-electron chi connectivity index (χ3n) is 6.22. The van der Waals surface area contributed by atoms with Crippen molar-refractivity contribution in [1.29, 1.82) is 0 Å². The van der Waals surface area contributed by atoms with Gasteiger partial charge in [0.05, 0.1) is 0 Å². The largest absolute Gasteiger partial charge is 0.0616 e. The molecule has 0 radical (unpaired) electrons.